The van der Waals surface area contributed by atoms with Crippen molar-refractivity contribution in [2.45, 2.75) is 9.79 Å². The molecule has 1 heterocycles. The molecule has 0 aliphatic rings. The molecule has 172 valence electrons. The third kappa shape index (κ3) is 5.51. The van der Waals surface area contributed by atoms with E-state index in [1.54, 1.807) is 37.4 Å². The molecule has 0 saturated heterocycles. The second-order valence-electron chi connectivity index (χ2n) is 6.86. The van der Waals surface area contributed by atoms with Crippen molar-refractivity contribution in [1.82, 2.24) is 20.6 Å². The Morgan fingerprint density at radius 3 is 2.50 bits per heavy atom. The second kappa shape index (κ2) is 10.5. The number of aromatic nitrogens is 4. The van der Waals surface area contributed by atoms with Crippen LogP contribution >= 0.6 is 11.8 Å². The zero-order valence-corrected chi connectivity index (χ0v) is 18.7. The van der Waals surface area contributed by atoms with Gasteiger partial charge in [0.25, 0.3) is 5.91 Å². The van der Waals surface area contributed by atoms with Gasteiger partial charge >= 0.3 is 5.97 Å². The molecule has 4 rings (SSSR count). The van der Waals surface area contributed by atoms with Crippen LogP contribution in [0.15, 0.2) is 76.5 Å². The maximum atomic E-state index is 12.9. The van der Waals surface area contributed by atoms with Gasteiger partial charge in [-0.15, -0.1) is 10.2 Å². The number of methoxy groups -OCH3 is 1. The molecule has 3 N–H and O–H groups in total. The molecular formula is C23H19N5O5S. The standard InChI is InChI=1S/C23H19N5O5S/c1-32-16-10-11-20(34-19-5-3-2-4-17(19)22-25-27-28-26-22)18(12-16)24-23(31)14-6-8-15(9-7-14)33-13-21(29)30/h2-12H,13H2,1H3,(H,24,31)(H,29,30)(H,25,26,27,28). The average molecular weight is 478 g/mol. The van der Waals surface area contributed by atoms with Gasteiger partial charge in [0.15, 0.2) is 6.61 Å². The summed E-state index contributed by atoms with van der Waals surface area (Å²) in [4.78, 5) is 25.2. The number of carboxylic acid groups (broad SMARTS) is 1. The molecule has 0 aliphatic carbocycles. The second-order valence-corrected chi connectivity index (χ2v) is 7.94. The molecule has 3 aromatic carbocycles. The summed E-state index contributed by atoms with van der Waals surface area (Å²) in [7, 11) is 1.55. The zero-order chi connectivity index (χ0) is 23.9. The molecule has 0 atom stereocenters. The van der Waals surface area contributed by atoms with Crippen molar-refractivity contribution in [3.05, 3.63) is 72.3 Å². The number of benzene rings is 3. The van der Waals surface area contributed by atoms with Crippen LogP contribution in [0.4, 0.5) is 5.69 Å². The Hall–Kier alpha value is -4.38. The molecule has 1 amide bonds. The van der Waals surface area contributed by atoms with Crippen molar-refractivity contribution in [3.8, 4) is 22.9 Å². The van der Waals surface area contributed by atoms with Gasteiger partial charge in [-0.05, 0) is 53.7 Å². The number of nitrogens with zero attached hydrogens (tertiary/aromatic N) is 3. The molecule has 34 heavy (non-hydrogen) atoms. The highest BCUT2D eigenvalue weighted by atomic mass is 32.2. The summed E-state index contributed by atoms with van der Waals surface area (Å²) in [6.45, 7) is -0.457. The lowest BCUT2D eigenvalue weighted by molar-refractivity contribution is -0.139. The number of carbonyl (C=O) groups excluding carboxylic acids is 1. The molecule has 0 bridgehead atoms. The highest BCUT2D eigenvalue weighted by Crippen LogP contribution is 2.39. The van der Waals surface area contributed by atoms with Crippen LogP contribution in [0, 0.1) is 0 Å². The maximum absolute atomic E-state index is 12.9. The van der Waals surface area contributed by atoms with Crippen LogP contribution in [-0.2, 0) is 4.79 Å². The summed E-state index contributed by atoms with van der Waals surface area (Å²) >= 11 is 1.44. The number of aromatic amines is 1. The van der Waals surface area contributed by atoms with Crippen LogP contribution in [0.3, 0.4) is 0 Å². The molecule has 10 nitrogen and oxygen atoms in total. The highest BCUT2D eigenvalue weighted by Gasteiger charge is 2.15. The van der Waals surface area contributed by atoms with Gasteiger partial charge in [-0.25, -0.2) is 4.79 Å². The number of amides is 1. The lowest BCUT2D eigenvalue weighted by Crippen LogP contribution is -2.13. The van der Waals surface area contributed by atoms with Crippen molar-refractivity contribution >= 4 is 29.3 Å². The molecule has 0 saturated carbocycles. The monoisotopic (exact) mass is 477 g/mol. The molecule has 1 aromatic heterocycles. The predicted octanol–water partition coefficient (Wildman–Crippen LogP) is 3.74. The fourth-order valence-corrected chi connectivity index (χ4v) is 4.01. The number of nitrogens with one attached hydrogen (secondary N) is 2. The van der Waals surface area contributed by atoms with Gasteiger partial charge in [0.1, 0.15) is 11.5 Å². The summed E-state index contributed by atoms with van der Waals surface area (Å²) < 4.78 is 10.4. The molecule has 4 aromatic rings. The maximum Gasteiger partial charge on any atom is 0.341 e. The number of carbonyl (C=O) groups is 2. The normalized spacial score (nSPS) is 10.5. The van der Waals surface area contributed by atoms with Crippen LogP contribution in [0.5, 0.6) is 11.5 Å². The van der Waals surface area contributed by atoms with Crippen molar-refractivity contribution in [3.63, 3.8) is 0 Å². The van der Waals surface area contributed by atoms with Crippen LogP contribution in [0.1, 0.15) is 10.4 Å². The number of tetrazole rings is 1. The predicted molar refractivity (Wildman–Crippen MR) is 124 cm³/mol. The third-order valence-electron chi connectivity index (χ3n) is 4.61. The number of aliphatic carboxylic acids is 1. The first-order chi connectivity index (χ1) is 16.5. The number of carboxylic acids is 1. The Morgan fingerprint density at radius 1 is 1.03 bits per heavy atom. The van der Waals surface area contributed by atoms with Gasteiger partial charge in [0, 0.05) is 27.0 Å². The van der Waals surface area contributed by atoms with Gasteiger partial charge < -0.3 is 19.9 Å². The lowest BCUT2D eigenvalue weighted by atomic mass is 10.2. The van der Waals surface area contributed by atoms with Crippen molar-refractivity contribution < 1.29 is 24.2 Å². The summed E-state index contributed by atoms with van der Waals surface area (Å²) in [5.74, 6) is -0.0114. The molecule has 0 spiro atoms. The molecular weight excluding hydrogens is 458 g/mol. The van der Waals surface area contributed by atoms with Gasteiger partial charge in [-0.2, -0.15) is 5.21 Å². The average Bonchev–Trinajstić information content (AvgIpc) is 3.39. The molecule has 0 aliphatic heterocycles. The first-order valence-electron chi connectivity index (χ1n) is 9.98. The number of hydrogen-bond acceptors (Lipinski definition) is 8. The van der Waals surface area contributed by atoms with Crippen molar-refractivity contribution in [2.24, 2.45) is 0 Å². The summed E-state index contributed by atoms with van der Waals surface area (Å²) in [5.41, 5.74) is 1.74. The van der Waals surface area contributed by atoms with E-state index >= 15 is 0 Å². The molecule has 0 fully saturated rings. The molecule has 0 radical (unpaired) electrons. The van der Waals surface area contributed by atoms with E-state index in [1.807, 2.05) is 36.4 Å². The SMILES string of the molecule is COc1ccc(Sc2ccccc2-c2nn[nH]n2)c(NC(=O)c2ccc(OCC(=O)O)cc2)c1. The number of ether oxygens (including phenoxy) is 2. The van der Waals surface area contributed by atoms with E-state index in [1.165, 1.54) is 11.8 Å². The van der Waals surface area contributed by atoms with E-state index < -0.39 is 12.6 Å². The number of H-pyrrole nitrogens is 1. The van der Waals surface area contributed by atoms with E-state index in [9.17, 15) is 9.59 Å². The Balaban J connectivity index is 1.57. The quantitative estimate of drug-likeness (QED) is 0.329. The minimum absolute atomic E-state index is 0.341. The van der Waals surface area contributed by atoms with Crippen LogP contribution in [-0.4, -0.2) is 51.3 Å². The summed E-state index contributed by atoms with van der Waals surface area (Å²) in [5, 5.41) is 25.8. The van der Waals surface area contributed by atoms with Gasteiger partial charge in [-0.1, -0.05) is 23.9 Å². The topological polar surface area (TPSA) is 139 Å². The van der Waals surface area contributed by atoms with Crippen molar-refractivity contribution in [1.29, 1.82) is 0 Å². The highest BCUT2D eigenvalue weighted by molar-refractivity contribution is 7.99. The fourth-order valence-electron chi connectivity index (χ4n) is 3.00. The Labute approximate surface area is 198 Å². The Morgan fingerprint density at radius 2 is 1.79 bits per heavy atom. The summed E-state index contributed by atoms with van der Waals surface area (Å²) in [6, 6.07) is 19.2. The van der Waals surface area contributed by atoms with Gasteiger partial charge in [0.2, 0.25) is 5.82 Å². The van der Waals surface area contributed by atoms with E-state index in [4.69, 9.17) is 14.6 Å². The Kier molecular flexibility index (Phi) is 7.04. The largest absolute Gasteiger partial charge is 0.497 e. The lowest BCUT2D eigenvalue weighted by Gasteiger charge is -2.14. The van der Waals surface area contributed by atoms with E-state index in [0.29, 0.717) is 28.6 Å². The zero-order valence-electron chi connectivity index (χ0n) is 17.9. The van der Waals surface area contributed by atoms with Crippen molar-refractivity contribution in [2.75, 3.05) is 19.0 Å². The van der Waals surface area contributed by atoms with E-state index in [0.717, 1.165) is 15.4 Å². The molecule has 0 unspecified atom stereocenters. The van der Waals surface area contributed by atoms with E-state index in [2.05, 4.69) is 25.9 Å². The third-order valence-corrected chi connectivity index (χ3v) is 5.76. The Bertz CT molecular complexity index is 1300. The van der Waals surface area contributed by atoms with Crippen LogP contribution in [0.2, 0.25) is 0 Å². The van der Waals surface area contributed by atoms with Gasteiger partial charge in [-0.3, -0.25) is 4.79 Å². The fraction of sp³-hybridized carbons (Fsp3) is 0.0870. The number of anilines is 1. The van der Waals surface area contributed by atoms with Gasteiger partial charge in [0.05, 0.1) is 12.8 Å². The minimum atomic E-state index is -1.08. The van der Waals surface area contributed by atoms with Crippen LogP contribution in [0.25, 0.3) is 11.4 Å². The first kappa shape index (κ1) is 22.8. The van der Waals surface area contributed by atoms with E-state index in [-0.39, 0.29) is 5.91 Å². The minimum Gasteiger partial charge on any atom is -0.497 e. The number of hydrogen-bond donors (Lipinski definition) is 3. The van der Waals surface area contributed by atoms with Crippen LogP contribution < -0.4 is 14.8 Å². The number of rotatable bonds is 9. The first-order valence-corrected chi connectivity index (χ1v) is 10.8. The molecule has 11 heteroatoms. The smallest absolute Gasteiger partial charge is 0.341 e. The summed E-state index contributed by atoms with van der Waals surface area (Å²) in [6.07, 6.45) is 0.